The lowest BCUT2D eigenvalue weighted by molar-refractivity contribution is 0.426. The zero-order valence-electron chi connectivity index (χ0n) is 9.63. The van der Waals surface area contributed by atoms with Gasteiger partial charge in [0.25, 0.3) is 0 Å². The molecular weight excluding hydrogens is 266 g/mol. The smallest absolute Gasteiger partial charge is 0.169 e. The summed E-state index contributed by atoms with van der Waals surface area (Å²) < 4.78 is 6.48. The van der Waals surface area contributed by atoms with E-state index in [1.165, 1.54) is 24.8 Å². The minimum atomic E-state index is 0.272. The molecule has 0 aromatic carbocycles. The summed E-state index contributed by atoms with van der Waals surface area (Å²) in [5.74, 6) is 1.02. The summed E-state index contributed by atoms with van der Waals surface area (Å²) in [6.07, 6.45) is 7.18. The van der Waals surface area contributed by atoms with Crippen molar-refractivity contribution in [3.63, 3.8) is 0 Å². The number of allylic oxidation sites excluding steroid dienone is 1. The second-order valence-corrected chi connectivity index (χ2v) is 4.98. The third kappa shape index (κ3) is 2.77. The highest BCUT2D eigenvalue weighted by Gasteiger charge is 2.21. The van der Waals surface area contributed by atoms with E-state index in [0.29, 0.717) is 0 Å². The van der Waals surface area contributed by atoms with E-state index in [2.05, 4.69) is 40.3 Å². The predicted molar refractivity (Wildman–Crippen MR) is 69.4 cm³/mol. The Bertz CT molecular complexity index is 370. The normalized spacial score (nSPS) is 17.5. The first kappa shape index (κ1) is 11.9. The molecule has 1 heterocycles. The number of halogens is 1. The number of nitrogens with one attached hydrogen (secondary N) is 1. The van der Waals surface area contributed by atoms with Crippen LogP contribution in [-0.4, -0.2) is 6.54 Å². The molecule has 0 aliphatic heterocycles. The quantitative estimate of drug-likeness (QED) is 0.820. The molecule has 16 heavy (non-hydrogen) atoms. The Morgan fingerprint density at radius 1 is 1.50 bits per heavy atom. The van der Waals surface area contributed by atoms with Crippen LogP contribution in [0.2, 0.25) is 0 Å². The zero-order chi connectivity index (χ0) is 11.4. The zero-order valence-corrected chi connectivity index (χ0v) is 11.2. The van der Waals surface area contributed by atoms with Crippen molar-refractivity contribution < 1.29 is 4.42 Å². The van der Waals surface area contributed by atoms with Gasteiger partial charge in [-0.25, -0.2) is 0 Å². The van der Waals surface area contributed by atoms with E-state index in [4.69, 9.17) is 4.42 Å². The van der Waals surface area contributed by atoms with E-state index in [9.17, 15) is 0 Å². The molecule has 1 aromatic heterocycles. The summed E-state index contributed by atoms with van der Waals surface area (Å²) in [5.41, 5.74) is 1.48. The Morgan fingerprint density at radius 2 is 2.38 bits per heavy atom. The summed E-state index contributed by atoms with van der Waals surface area (Å²) in [7, 11) is 0. The molecule has 88 valence electrons. The van der Waals surface area contributed by atoms with Gasteiger partial charge in [0.05, 0.1) is 6.04 Å². The van der Waals surface area contributed by atoms with Crippen molar-refractivity contribution in [2.24, 2.45) is 0 Å². The Labute approximate surface area is 105 Å². The Balaban J connectivity index is 2.13. The Kier molecular flexibility index (Phi) is 4.24. The average molecular weight is 284 g/mol. The molecule has 1 aromatic rings. The lowest BCUT2D eigenvalue weighted by Crippen LogP contribution is -2.23. The molecule has 0 spiro atoms. The van der Waals surface area contributed by atoms with E-state index >= 15 is 0 Å². The van der Waals surface area contributed by atoms with Gasteiger partial charge in [0.1, 0.15) is 5.76 Å². The third-order valence-electron chi connectivity index (χ3n) is 2.92. The van der Waals surface area contributed by atoms with Crippen LogP contribution in [-0.2, 0) is 0 Å². The standard InChI is InChI=1S/C13H18BrNO/c1-2-9-15-13(10-5-3-4-6-10)11-7-8-12(14)16-11/h5,7-8,13,15H,2-4,6,9H2,1H3. The SMILES string of the molecule is CCCNC(C1=CCCC1)c1ccc(Br)o1. The summed E-state index contributed by atoms with van der Waals surface area (Å²) in [4.78, 5) is 0. The highest BCUT2D eigenvalue weighted by atomic mass is 79.9. The summed E-state index contributed by atoms with van der Waals surface area (Å²) in [6, 6.07) is 4.29. The van der Waals surface area contributed by atoms with Crippen molar-refractivity contribution in [1.82, 2.24) is 5.32 Å². The van der Waals surface area contributed by atoms with Crippen LogP contribution in [0.4, 0.5) is 0 Å². The van der Waals surface area contributed by atoms with Crippen LogP contribution in [0.5, 0.6) is 0 Å². The summed E-state index contributed by atoms with van der Waals surface area (Å²) >= 11 is 3.36. The van der Waals surface area contributed by atoms with Crippen LogP contribution in [0.3, 0.4) is 0 Å². The number of furan rings is 1. The minimum Gasteiger partial charge on any atom is -0.452 e. The van der Waals surface area contributed by atoms with Crippen LogP contribution in [0.15, 0.2) is 32.9 Å². The number of rotatable bonds is 5. The van der Waals surface area contributed by atoms with E-state index < -0.39 is 0 Å². The molecule has 0 amide bonds. The van der Waals surface area contributed by atoms with Crippen LogP contribution in [0.1, 0.15) is 44.4 Å². The largest absolute Gasteiger partial charge is 0.452 e. The van der Waals surface area contributed by atoms with Crippen molar-refractivity contribution in [3.8, 4) is 0 Å². The third-order valence-corrected chi connectivity index (χ3v) is 3.35. The molecule has 1 aliphatic rings. The molecule has 1 atom stereocenters. The molecule has 0 radical (unpaired) electrons. The maximum Gasteiger partial charge on any atom is 0.169 e. The van der Waals surface area contributed by atoms with E-state index in [1.54, 1.807) is 0 Å². The van der Waals surface area contributed by atoms with Gasteiger partial charge < -0.3 is 9.73 Å². The van der Waals surface area contributed by atoms with Gasteiger partial charge >= 0.3 is 0 Å². The number of hydrogen-bond donors (Lipinski definition) is 1. The molecule has 1 aliphatic carbocycles. The molecule has 0 saturated heterocycles. The van der Waals surface area contributed by atoms with Crippen LogP contribution in [0, 0.1) is 0 Å². The van der Waals surface area contributed by atoms with Gasteiger partial charge in [-0.2, -0.15) is 0 Å². The molecule has 1 N–H and O–H groups in total. The molecular formula is C13H18BrNO. The topological polar surface area (TPSA) is 25.2 Å². The molecule has 0 bridgehead atoms. The van der Waals surface area contributed by atoms with Gasteiger partial charge in [-0.05, 0) is 65.9 Å². The highest BCUT2D eigenvalue weighted by Crippen LogP contribution is 2.32. The monoisotopic (exact) mass is 283 g/mol. The minimum absolute atomic E-state index is 0.272. The summed E-state index contributed by atoms with van der Waals surface area (Å²) in [6.45, 7) is 3.21. The lowest BCUT2D eigenvalue weighted by atomic mass is 10.0. The molecule has 2 rings (SSSR count). The predicted octanol–water partition coefficient (Wildman–Crippen LogP) is 4.19. The maximum atomic E-state index is 5.67. The first-order valence-corrected chi connectivity index (χ1v) is 6.78. The van der Waals surface area contributed by atoms with Crippen LogP contribution >= 0.6 is 15.9 Å². The van der Waals surface area contributed by atoms with Crippen LogP contribution in [0.25, 0.3) is 0 Å². The molecule has 3 heteroatoms. The lowest BCUT2D eigenvalue weighted by Gasteiger charge is -2.17. The second-order valence-electron chi connectivity index (χ2n) is 4.20. The van der Waals surface area contributed by atoms with E-state index in [-0.39, 0.29) is 6.04 Å². The van der Waals surface area contributed by atoms with Crippen LogP contribution < -0.4 is 5.32 Å². The summed E-state index contributed by atoms with van der Waals surface area (Å²) in [5, 5.41) is 3.56. The van der Waals surface area contributed by atoms with Gasteiger partial charge in [-0.1, -0.05) is 13.0 Å². The maximum absolute atomic E-state index is 5.67. The van der Waals surface area contributed by atoms with Gasteiger partial charge in [0.15, 0.2) is 4.67 Å². The van der Waals surface area contributed by atoms with Crippen molar-refractivity contribution in [3.05, 3.63) is 34.2 Å². The molecule has 0 fully saturated rings. The number of hydrogen-bond acceptors (Lipinski definition) is 2. The second kappa shape index (κ2) is 5.69. The van der Waals surface area contributed by atoms with E-state index in [0.717, 1.165) is 23.4 Å². The molecule has 0 saturated carbocycles. The van der Waals surface area contributed by atoms with Crippen molar-refractivity contribution in [2.45, 2.75) is 38.6 Å². The van der Waals surface area contributed by atoms with Crippen molar-refractivity contribution >= 4 is 15.9 Å². The highest BCUT2D eigenvalue weighted by molar-refractivity contribution is 9.10. The first-order chi connectivity index (χ1) is 7.81. The Hall–Kier alpha value is -0.540. The Morgan fingerprint density at radius 3 is 2.94 bits per heavy atom. The fourth-order valence-electron chi connectivity index (χ4n) is 2.14. The van der Waals surface area contributed by atoms with Gasteiger partial charge in [0.2, 0.25) is 0 Å². The van der Waals surface area contributed by atoms with Crippen molar-refractivity contribution in [2.75, 3.05) is 6.54 Å². The first-order valence-electron chi connectivity index (χ1n) is 5.99. The fraction of sp³-hybridized carbons (Fsp3) is 0.538. The van der Waals surface area contributed by atoms with Gasteiger partial charge in [-0.3, -0.25) is 0 Å². The van der Waals surface area contributed by atoms with Crippen molar-refractivity contribution in [1.29, 1.82) is 0 Å². The molecule has 1 unspecified atom stereocenters. The average Bonchev–Trinajstić information content (AvgIpc) is 2.91. The molecule has 2 nitrogen and oxygen atoms in total. The van der Waals surface area contributed by atoms with E-state index in [1.807, 2.05) is 6.07 Å². The van der Waals surface area contributed by atoms with Gasteiger partial charge in [0, 0.05) is 0 Å². The fourth-order valence-corrected chi connectivity index (χ4v) is 2.46. The van der Waals surface area contributed by atoms with Gasteiger partial charge in [-0.15, -0.1) is 0 Å².